The second-order valence-corrected chi connectivity index (χ2v) is 5.86. The highest BCUT2D eigenvalue weighted by molar-refractivity contribution is 9.10. The van der Waals surface area contributed by atoms with Gasteiger partial charge < -0.3 is 0 Å². The standard InChI is InChI=1S/C17H15BrN2O/c1-12-16(13-6-4-3-5-7-13)17(21)20(19(12)2)15-10-8-14(18)9-11-15/h3-11H,1-2H3. The lowest BCUT2D eigenvalue weighted by Gasteiger charge is -2.08. The Bertz CT molecular complexity index is 830. The van der Waals surface area contributed by atoms with Crippen molar-refractivity contribution in [3.05, 3.63) is 75.1 Å². The van der Waals surface area contributed by atoms with Crippen molar-refractivity contribution in [3.63, 3.8) is 0 Å². The minimum Gasteiger partial charge on any atom is -0.285 e. The zero-order valence-corrected chi connectivity index (χ0v) is 13.5. The Morgan fingerprint density at radius 1 is 0.952 bits per heavy atom. The monoisotopic (exact) mass is 342 g/mol. The van der Waals surface area contributed by atoms with Crippen LogP contribution >= 0.6 is 15.9 Å². The summed E-state index contributed by atoms with van der Waals surface area (Å²) < 4.78 is 4.59. The summed E-state index contributed by atoms with van der Waals surface area (Å²) in [6, 6.07) is 17.5. The molecule has 0 atom stereocenters. The summed E-state index contributed by atoms with van der Waals surface area (Å²) in [7, 11) is 1.91. The fourth-order valence-corrected chi connectivity index (χ4v) is 2.78. The predicted molar refractivity (Wildman–Crippen MR) is 88.9 cm³/mol. The molecule has 0 amide bonds. The van der Waals surface area contributed by atoms with Gasteiger partial charge in [0.1, 0.15) is 0 Å². The molecule has 0 spiro atoms. The van der Waals surface area contributed by atoms with E-state index in [4.69, 9.17) is 0 Å². The van der Waals surface area contributed by atoms with Gasteiger partial charge in [0.05, 0.1) is 11.3 Å². The van der Waals surface area contributed by atoms with E-state index >= 15 is 0 Å². The molecule has 3 nitrogen and oxygen atoms in total. The van der Waals surface area contributed by atoms with Crippen LogP contribution in [0.3, 0.4) is 0 Å². The largest absolute Gasteiger partial charge is 0.285 e. The van der Waals surface area contributed by atoms with Crippen molar-refractivity contribution in [1.82, 2.24) is 9.36 Å². The third kappa shape index (κ3) is 2.36. The van der Waals surface area contributed by atoms with E-state index in [9.17, 15) is 4.79 Å². The highest BCUT2D eigenvalue weighted by Gasteiger charge is 2.17. The lowest BCUT2D eigenvalue weighted by molar-refractivity contribution is 0.630. The second kappa shape index (κ2) is 5.37. The van der Waals surface area contributed by atoms with E-state index in [0.717, 1.165) is 27.0 Å². The first-order chi connectivity index (χ1) is 10.1. The maximum absolute atomic E-state index is 12.8. The fourth-order valence-electron chi connectivity index (χ4n) is 2.52. The molecule has 0 unspecified atom stereocenters. The molecule has 21 heavy (non-hydrogen) atoms. The van der Waals surface area contributed by atoms with Gasteiger partial charge in [-0.1, -0.05) is 46.3 Å². The van der Waals surface area contributed by atoms with Crippen LogP contribution in [-0.4, -0.2) is 9.36 Å². The van der Waals surface area contributed by atoms with Crippen molar-refractivity contribution in [2.75, 3.05) is 0 Å². The van der Waals surface area contributed by atoms with Crippen molar-refractivity contribution in [2.45, 2.75) is 6.92 Å². The Morgan fingerprint density at radius 3 is 2.19 bits per heavy atom. The summed E-state index contributed by atoms with van der Waals surface area (Å²) in [6.07, 6.45) is 0. The first kappa shape index (κ1) is 13.9. The number of halogens is 1. The minimum absolute atomic E-state index is 0.00326. The van der Waals surface area contributed by atoms with Crippen LogP contribution in [0.1, 0.15) is 5.69 Å². The summed E-state index contributed by atoms with van der Waals surface area (Å²) in [4.78, 5) is 12.8. The van der Waals surface area contributed by atoms with Gasteiger partial charge in [-0.05, 0) is 36.8 Å². The van der Waals surface area contributed by atoms with Crippen LogP contribution in [-0.2, 0) is 7.05 Å². The highest BCUT2D eigenvalue weighted by Crippen LogP contribution is 2.21. The molecule has 1 heterocycles. The van der Waals surface area contributed by atoms with E-state index in [2.05, 4.69) is 15.9 Å². The van der Waals surface area contributed by atoms with Gasteiger partial charge in [-0.15, -0.1) is 0 Å². The number of hydrogen-bond donors (Lipinski definition) is 0. The molecule has 0 radical (unpaired) electrons. The Hall–Kier alpha value is -2.07. The predicted octanol–water partition coefficient (Wildman–Crippen LogP) is 3.91. The molecule has 4 heteroatoms. The molecule has 3 aromatic rings. The molecule has 0 aliphatic heterocycles. The van der Waals surface area contributed by atoms with Gasteiger partial charge in [0.15, 0.2) is 0 Å². The van der Waals surface area contributed by atoms with E-state index in [0.29, 0.717) is 0 Å². The average Bonchev–Trinajstić information content (AvgIpc) is 2.72. The van der Waals surface area contributed by atoms with E-state index < -0.39 is 0 Å². The molecule has 0 bridgehead atoms. The lowest BCUT2D eigenvalue weighted by Crippen LogP contribution is -2.20. The van der Waals surface area contributed by atoms with Crippen molar-refractivity contribution in [2.24, 2.45) is 7.05 Å². The zero-order chi connectivity index (χ0) is 15.0. The summed E-state index contributed by atoms with van der Waals surface area (Å²) >= 11 is 3.42. The Kier molecular flexibility index (Phi) is 3.55. The van der Waals surface area contributed by atoms with E-state index in [1.165, 1.54) is 0 Å². The van der Waals surface area contributed by atoms with Crippen LogP contribution in [0.25, 0.3) is 16.8 Å². The maximum atomic E-state index is 12.8. The van der Waals surface area contributed by atoms with Crippen molar-refractivity contribution in [3.8, 4) is 16.8 Å². The van der Waals surface area contributed by atoms with Gasteiger partial charge in [0.25, 0.3) is 5.56 Å². The molecule has 0 aliphatic rings. The van der Waals surface area contributed by atoms with Crippen LogP contribution in [0.4, 0.5) is 0 Å². The molecule has 0 N–H and O–H groups in total. The van der Waals surface area contributed by atoms with Gasteiger partial charge >= 0.3 is 0 Å². The molecular formula is C17H15BrN2O. The average molecular weight is 343 g/mol. The van der Waals surface area contributed by atoms with Gasteiger partial charge in [-0.2, -0.15) is 0 Å². The molecule has 2 aromatic carbocycles. The van der Waals surface area contributed by atoms with Crippen molar-refractivity contribution < 1.29 is 0 Å². The number of nitrogens with zero attached hydrogens (tertiary/aromatic N) is 2. The fraction of sp³-hybridized carbons (Fsp3) is 0.118. The molecule has 0 saturated heterocycles. The van der Waals surface area contributed by atoms with E-state index in [-0.39, 0.29) is 5.56 Å². The first-order valence-electron chi connectivity index (χ1n) is 6.69. The topological polar surface area (TPSA) is 26.9 Å². The quantitative estimate of drug-likeness (QED) is 0.693. The summed E-state index contributed by atoms with van der Waals surface area (Å²) in [5.41, 5.74) is 3.51. The molecule has 0 saturated carbocycles. The number of rotatable bonds is 2. The lowest BCUT2D eigenvalue weighted by atomic mass is 10.1. The van der Waals surface area contributed by atoms with Gasteiger partial charge in [-0.25, -0.2) is 4.68 Å². The molecule has 106 valence electrons. The van der Waals surface area contributed by atoms with Crippen LogP contribution in [0, 0.1) is 6.92 Å². The van der Waals surface area contributed by atoms with Crippen molar-refractivity contribution in [1.29, 1.82) is 0 Å². The molecule has 1 aromatic heterocycles. The maximum Gasteiger partial charge on any atom is 0.279 e. The van der Waals surface area contributed by atoms with Gasteiger partial charge in [0.2, 0.25) is 0 Å². The smallest absolute Gasteiger partial charge is 0.279 e. The van der Waals surface area contributed by atoms with Crippen molar-refractivity contribution >= 4 is 15.9 Å². The molecule has 0 fully saturated rings. The highest BCUT2D eigenvalue weighted by atomic mass is 79.9. The van der Waals surface area contributed by atoms with Crippen LogP contribution in [0.15, 0.2) is 63.9 Å². The van der Waals surface area contributed by atoms with Crippen LogP contribution in [0.5, 0.6) is 0 Å². The van der Waals surface area contributed by atoms with Gasteiger partial charge in [-0.3, -0.25) is 9.48 Å². The molecule has 3 rings (SSSR count). The van der Waals surface area contributed by atoms with Crippen LogP contribution in [0.2, 0.25) is 0 Å². The summed E-state index contributed by atoms with van der Waals surface area (Å²) in [5.74, 6) is 0. The molecule has 0 aliphatic carbocycles. The summed E-state index contributed by atoms with van der Waals surface area (Å²) in [6.45, 7) is 1.97. The summed E-state index contributed by atoms with van der Waals surface area (Å²) in [5, 5.41) is 0. The third-order valence-electron chi connectivity index (χ3n) is 3.69. The SMILES string of the molecule is Cc1c(-c2ccccc2)c(=O)n(-c2ccc(Br)cc2)n1C. The zero-order valence-electron chi connectivity index (χ0n) is 11.9. The Morgan fingerprint density at radius 2 is 1.57 bits per heavy atom. The number of benzene rings is 2. The first-order valence-corrected chi connectivity index (χ1v) is 7.49. The van der Waals surface area contributed by atoms with Crippen LogP contribution < -0.4 is 5.56 Å². The van der Waals surface area contributed by atoms with E-state index in [1.54, 1.807) is 4.68 Å². The normalized spacial score (nSPS) is 10.8. The minimum atomic E-state index is 0.00326. The Balaban J connectivity index is 2.25. The number of aromatic nitrogens is 2. The third-order valence-corrected chi connectivity index (χ3v) is 4.22. The van der Waals surface area contributed by atoms with Gasteiger partial charge in [0, 0.05) is 17.2 Å². The Labute approximate surface area is 131 Å². The number of hydrogen-bond acceptors (Lipinski definition) is 1. The molecular weight excluding hydrogens is 328 g/mol. The van der Waals surface area contributed by atoms with E-state index in [1.807, 2.05) is 73.3 Å². The second-order valence-electron chi connectivity index (χ2n) is 4.94.